The second kappa shape index (κ2) is 8.90. The first-order valence-corrected chi connectivity index (χ1v) is 8.42. The Morgan fingerprint density at radius 2 is 1.93 bits per heavy atom. The number of methoxy groups -OCH3 is 1. The van der Waals surface area contributed by atoms with Gasteiger partial charge < -0.3 is 25.3 Å². The topological polar surface area (TPSA) is 132 Å². The number of nitrogens with one attached hydrogen (secondary N) is 1. The van der Waals surface area contributed by atoms with Crippen molar-refractivity contribution in [3.8, 4) is 11.5 Å². The summed E-state index contributed by atoms with van der Waals surface area (Å²) in [5, 5.41) is 10.5. The molecule has 0 spiro atoms. The van der Waals surface area contributed by atoms with Gasteiger partial charge in [-0.05, 0) is 30.2 Å². The summed E-state index contributed by atoms with van der Waals surface area (Å²) in [5.41, 5.74) is 5.75. The number of H-pyrrole nitrogens is 1. The van der Waals surface area contributed by atoms with Crippen molar-refractivity contribution in [1.82, 2.24) is 4.98 Å². The van der Waals surface area contributed by atoms with E-state index in [0.717, 1.165) is 18.9 Å². The quantitative estimate of drug-likeness (QED) is 0.468. The highest BCUT2D eigenvalue weighted by Gasteiger charge is 2.27. The molecule has 1 aromatic carbocycles. The number of amides is 1. The van der Waals surface area contributed by atoms with Crippen LogP contribution in [0.2, 0.25) is 0 Å². The van der Waals surface area contributed by atoms with Crippen molar-refractivity contribution in [2.45, 2.75) is 19.3 Å². The summed E-state index contributed by atoms with van der Waals surface area (Å²) >= 11 is 0. The summed E-state index contributed by atoms with van der Waals surface area (Å²) in [4.78, 5) is 38.2. The average molecular weight is 386 g/mol. The minimum atomic E-state index is -0.860. The van der Waals surface area contributed by atoms with Crippen LogP contribution in [0.25, 0.3) is 0 Å². The molecule has 28 heavy (non-hydrogen) atoms. The lowest BCUT2D eigenvalue weighted by Gasteiger charge is -2.18. The molecule has 8 nitrogen and oxygen atoms in total. The molecule has 0 saturated heterocycles. The zero-order valence-electron chi connectivity index (χ0n) is 15.7. The van der Waals surface area contributed by atoms with E-state index < -0.39 is 29.1 Å². The second-order valence-corrected chi connectivity index (χ2v) is 6.32. The normalized spacial score (nSPS) is 11.5. The minimum absolute atomic E-state index is 0.141. The number of nitrogens with two attached hydrogens (primary N) is 1. The number of aromatic nitrogens is 1. The number of pyridine rings is 1. The van der Waals surface area contributed by atoms with Gasteiger partial charge in [-0.25, -0.2) is 4.79 Å². The molecule has 4 N–H and O–H groups in total. The Labute approximate surface area is 161 Å². The number of esters is 1. The third-order valence-electron chi connectivity index (χ3n) is 4.03. The Morgan fingerprint density at radius 3 is 2.46 bits per heavy atom. The predicted molar refractivity (Wildman–Crippen MR) is 102 cm³/mol. The lowest BCUT2D eigenvalue weighted by molar-refractivity contribution is -0.118. The highest BCUT2D eigenvalue weighted by Crippen LogP contribution is 2.34. The van der Waals surface area contributed by atoms with Gasteiger partial charge in [-0.1, -0.05) is 18.7 Å². The van der Waals surface area contributed by atoms with Gasteiger partial charge in [-0.3, -0.25) is 9.59 Å². The molecule has 1 atom stereocenters. The molecule has 0 fully saturated rings. The molecule has 1 aromatic heterocycles. The van der Waals surface area contributed by atoms with Crippen LogP contribution in [-0.4, -0.2) is 35.7 Å². The molecule has 148 valence electrons. The maximum Gasteiger partial charge on any atom is 0.343 e. The molecule has 2 aromatic rings. The molecule has 2 rings (SSSR count). The van der Waals surface area contributed by atoms with Crippen molar-refractivity contribution in [3.05, 3.63) is 69.7 Å². The fraction of sp³-hybridized carbons (Fsp3) is 0.250. The van der Waals surface area contributed by atoms with Gasteiger partial charge in [0.1, 0.15) is 23.7 Å². The summed E-state index contributed by atoms with van der Waals surface area (Å²) < 4.78 is 10.1. The van der Waals surface area contributed by atoms with Crippen LogP contribution in [0.5, 0.6) is 11.5 Å². The number of hydrogen-bond donors (Lipinski definition) is 3. The van der Waals surface area contributed by atoms with E-state index in [0.29, 0.717) is 17.9 Å². The minimum Gasteiger partial charge on any atom is -0.506 e. The van der Waals surface area contributed by atoms with Gasteiger partial charge >= 0.3 is 5.97 Å². The van der Waals surface area contributed by atoms with E-state index in [9.17, 15) is 19.5 Å². The number of carbonyl (C=O) groups is 2. The van der Waals surface area contributed by atoms with Crippen LogP contribution in [0.1, 0.15) is 40.7 Å². The molecule has 1 amide bonds. The second-order valence-electron chi connectivity index (χ2n) is 6.32. The van der Waals surface area contributed by atoms with E-state index in [1.165, 1.54) is 0 Å². The summed E-state index contributed by atoms with van der Waals surface area (Å²) in [7, 11) is 1.15. The maximum atomic E-state index is 12.4. The van der Waals surface area contributed by atoms with Crippen LogP contribution in [0.4, 0.5) is 0 Å². The van der Waals surface area contributed by atoms with Crippen LogP contribution >= 0.6 is 0 Å². The van der Waals surface area contributed by atoms with Gasteiger partial charge in [0.15, 0.2) is 0 Å². The fourth-order valence-electron chi connectivity index (χ4n) is 2.72. The van der Waals surface area contributed by atoms with E-state index in [2.05, 4.69) is 16.3 Å². The standard InChI is InChI=1S/C20H22N2O6/c1-11(2)10-28-13-6-4-12(5-7-13)14(8-16(21)23)17-18(24)15(20(26)27-3)9-22-19(17)25/h4-7,9,14H,1,8,10H2,2-3H3,(H2,21,23)(H2,22,24,25). The molecule has 1 heterocycles. The molecule has 0 bridgehead atoms. The van der Waals surface area contributed by atoms with E-state index in [1.54, 1.807) is 24.3 Å². The highest BCUT2D eigenvalue weighted by atomic mass is 16.5. The van der Waals surface area contributed by atoms with Crippen LogP contribution in [0.3, 0.4) is 0 Å². The molecule has 0 aliphatic rings. The molecule has 0 aliphatic heterocycles. The van der Waals surface area contributed by atoms with E-state index in [4.69, 9.17) is 10.5 Å². The van der Waals surface area contributed by atoms with Gasteiger partial charge in [-0.2, -0.15) is 0 Å². The Hall–Kier alpha value is -3.55. The van der Waals surface area contributed by atoms with Crippen LogP contribution in [0.15, 0.2) is 47.4 Å². The van der Waals surface area contributed by atoms with E-state index in [1.807, 2.05) is 6.92 Å². The number of hydrogen-bond acceptors (Lipinski definition) is 6. The number of aromatic hydroxyl groups is 1. The van der Waals surface area contributed by atoms with Gasteiger partial charge in [0.25, 0.3) is 5.56 Å². The number of benzene rings is 1. The van der Waals surface area contributed by atoms with Crippen molar-refractivity contribution < 1.29 is 24.2 Å². The van der Waals surface area contributed by atoms with Crippen molar-refractivity contribution >= 4 is 11.9 Å². The van der Waals surface area contributed by atoms with Crippen molar-refractivity contribution in [2.24, 2.45) is 5.73 Å². The lowest BCUT2D eigenvalue weighted by atomic mass is 9.87. The van der Waals surface area contributed by atoms with Crippen molar-refractivity contribution in [1.29, 1.82) is 0 Å². The van der Waals surface area contributed by atoms with Crippen molar-refractivity contribution in [2.75, 3.05) is 13.7 Å². The van der Waals surface area contributed by atoms with Crippen LogP contribution < -0.4 is 16.0 Å². The SMILES string of the molecule is C=C(C)COc1ccc(C(CC(N)=O)c2c(O)c(C(=O)OC)c[nH]c2=O)cc1. The summed E-state index contributed by atoms with van der Waals surface area (Å²) in [6.07, 6.45) is 0.816. The Balaban J connectivity index is 2.50. The van der Waals surface area contributed by atoms with E-state index >= 15 is 0 Å². The fourth-order valence-corrected chi connectivity index (χ4v) is 2.72. The number of rotatable bonds is 8. The largest absolute Gasteiger partial charge is 0.506 e. The highest BCUT2D eigenvalue weighted by molar-refractivity contribution is 5.92. The monoisotopic (exact) mass is 386 g/mol. The smallest absolute Gasteiger partial charge is 0.343 e. The summed E-state index contributed by atoms with van der Waals surface area (Å²) in [6, 6.07) is 6.65. The molecule has 0 radical (unpaired) electrons. The summed E-state index contributed by atoms with van der Waals surface area (Å²) in [6.45, 7) is 5.94. The molecule has 1 unspecified atom stereocenters. The van der Waals surface area contributed by atoms with E-state index in [-0.39, 0.29) is 17.5 Å². The zero-order valence-corrected chi connectivity index (χ0v) is 15.7. The van der Waals surface area contributed by atoms with Gasteiger partial charge in [0.2, 0.25) is 5.91 Å². The van der Waals surface area contributed by atoms with Crippen molar-refractivity contribution in [3.63, 3.8) is 0 Å². The molecule has 8 heteroatoms. The number of aromatic amines is 1. The first kappa shape index (κ1) is 20.8. The number of primary amides is 1. The Morgan fingerprint density at radius 1 is 1.29 bits per heavy atom. The van der Waals surface area contributed by atoms with Crippen LogP contribution in [0, 0.1) is 0 Å². The summed E-state index contributed by atoms with van der Waals surface area (Å²) in [5.74, 6) is -2.33. The average Bonchev–Trinajstić information content (AvgIpc) is 2.65. The first-order chi connectivity index (χ1) is 13.2. The Kier molecular flexibility index (Phi) is 6.59. The van der Waals surface area contributed by atoms with Gasteiger partial charge in [0, 0.05) is 18.5 Å². The zero-order chi connectivity index (χ0) is 20.8. The third-order valence-corrected chi connectivity index (χ3v) is 4.03. The molecule has 0 aliphatic carbocycles. The lowest BCUT2D eigenvalue weighted by Crippen LogP contribution is -2.23. The molecular formula is C20H22N2O6. The number of carbonyl (C=O) groups excluding carboxylic acids is 2. The van der Waals surface area contributed by atoms with Gasteiger partial charge in [0.05, 0.1) is 12.7 Å². The Bertz CT molecular complexity index is 946. The van der Waals surface area contributed by atoms with Gasteiger partial charge in [-0.15, -0.1) is 0 Å². The van der Waals surface area contributed by atoms with Crippen LogP contribution in [-0.2, 0) is 9.53 Å². The molecular weight excluding hydrogens is 364 g/mol. The first-order valence-electron chi connectivity index (χ1n) is 8.42. The predicted octanol–water partition coefficient (Wildman–Crippen LogP) is 1.83. The third kappa shape index (κ3) is 4.79. The maximum absolute atomic E-state index is 12.4. The molecule has 0 saturated carbocycles. The number of ether oxygens (including phenoxy) is 2.